The number of carboxylic acid groups (broad SMARTS) is 1. The second-order valence-corrected chi connectivity index (χ2v) is 7.31. The van der Waals surface area contributed by atoms with Crippen molar-refractivity contribution in [1.29, 1.82) is 0 Å². The number of hydrogen-bond acceptors (Lipinski definition) is 4. The number of rotatable bonds is 11. The van der Waals surface area contributed by atoms with Crippen LogP contribution in [0.4, 0.5) is 0 Å². The maximum absolute atomic E-state index is 12.2. The number of carbonyl (C=O) groups is 3. The fourth-order valence-electron chi connectivity index (χ4n) is 3.27. The van der Waals surface area contributed by atoms with Crippen molar-refractivity contribution in [2.24, 2.45) is 5.92 Å². The number of carbonyl (C=O) groups excluding carboxylic acids is 2. The summed E-state index contributed by atoms with van der Waals surface area (Å²) in [5, 5.41) is 11.7. The van der Waals surface area contributed by atoms with E-state index in [9.17, 15) is 14.4 Å². The topological polar surface area (TPSA) is 92.7 Å². The zero-order valence-electron chi connectivity index (χ0n) is 18.2. The SMILES string of the molecule is CCOC(=O)C(C)CC(Cc1ccc(-c2ccccc2)cc1)NC(=O)CCC(=O)O.[Ca]. The molecule has 2 N–H and O–H groups in total. The van der Waals surface area contributed by atoms with E-state index in [0.29, 0.717) is 19.4 Å². The molecule has 0 saturated heterocycles. The third-order valence-corrected chi connectivity index (χ3v) is 4.80. The van der Waals surface area contributed by atoms with Crippen molar-refractivity contribution in [2.75, 3.05) is 6.61 Å². The molecule has 2 atom stereocenters. The quantitative estimate of drug-likeness (QED) is 0.403. The molecule has 0 heterocycles. The third kappa shape index (κ3) is 9.85. The Morgan fingerprint density at radius 2 is 1.58 bits per heavy atom. The first-order valence-electron chi connectivity index (χ1n) is 10.2. The number of ether oxygens (including phenoxy) is 1. The van der Waals surface area contributed by atoms with Gasteiger partial charge in [0.05, 0.1) is 18.9 Å². The van der Waals surface area contributed by atoms with E-state index in [1.54, 1.807) is 13.8 Å². The van der Waals surface area contributed by atoms with Crippen LogP contribution in [0.1, 0.15) is 38.7 Å². The number of aliphatic carboxylic acids is 1. The van der Waals surface area contributed by atoms with Crippen molar-refractivity contribution in [1.82, 2.24) is 5.32 Å². The molecule has 0 spiro atoms. The number of nitrogens with one attached hydrogen (secondary N) is 1. The van der Waals surface area contributed by atoms with Crippen LogP contribution in [0.25, 0.3) is 11.1 Å². The van der Waals surface area contributed by atoms with Gasteiger partial charge in [0, 0.05) is 50.2 Å². The van der Waals surface area contributed by atoms with Crippen molar-refractivity contribution in [3.05, 3.63) is 60.2 Å². The molecule has 2 aromatic carbocycles. The Morgan fingerprint density at radius 1 is 0.968 bits per heavy atom. The minimum atomic E-state index is -1.02. The van der Waals surface area contributed by atoms with Crippen LogP contribution in [-0.4, -0.2) is 73.3 Å². The molecule has 0 aromatic heterocycles. The minimum Gasteiger partial charge on any atom is -0.481 e. The standard InChI is InChI=1S/C24H29NO5.Ca/c1-3-30-24(29)17(2)15-21(25-22(26)13-14-23(27)28)16-18-9-11-20(12-10-18)19-7-5-4-6-8-19;/h4-12,17,21H,3,13-16H2,1-2H3,(H,25,26)(H,27,28);. The monoisotopic (exact) mass is 451 g/mol. The number of hydrogen-bond donors (Lipinski definition) is 2. The first-order valence-corrected chi connectivity index (χ1v) is 10.2. The summed E-state index contributed by atoms with van der Waals surface area (Å²) >= 11 is 0. The van der Waals surface area contributed by atoms with Crippen LogP contribution in [0, 0.1) is 5.92 Å². The van der Waals surface area contributed by atoms with Gasteiger partial charge in [-0.2, -0.15) is 0 Å². The number of benzene rings is 2. The summed E-state index contributed by atoms with van der Waals surface area (Å²) in [5.74, 6) is -2.03. The van der Waals surface area contributed by atoms with Crippen LogP contribution in [0.15, 0.2) is 54.6 Å². The fraction of sp³-hybridized carbons (Fsp3) is 0.375. The van der Waals surface area contributed by atoms with Gasteiger partial charge in [0.2, 0.25) is 5.91 Å². The molecule has 0 bridgehead atoms. The van der Waals surface area contributed by atoms with E-state index in [0.717, 1.165) is 16.7 Å². The van der Waals surface area contributed by atoms with E-state index < -0.39 is 5.97 Å². The molecule has 2 radical (unpaired) electrons. The summed E-state index contributed by atoms with van der Waals surface area (Å²) in [6, 6.07) is 17.8. The third-order valence-electron chi connectivity index (χ3n) is 4.80. The Labute approximate surface area is 213 Å². The molecule has 0 aliphatic heterocycles. The van der Waals surface area contributed by atoms with Gasteiger partial charge in [-0.15, -0.1) is 0 Å². The van der Waals surface area contributed by atoms with Gasteiger partial charge in [0.15, 0.2) is 0 Å². The molecular weight excluding hydrogens is 422 g/mol. The van der Waals surface area contributed by atoms with E-state index in [1.165, 1.54) is 0 Å². The molecule has 7 heteroatoms. The smallest absolute Gasteiger partial charge is 0.308 e. The summed E-state index contributed by atoms with van der Waals surface area (Å²) in [6.07, 6.45) is 0.639. The van der Waals surface area contributed by atoms with Gasteiger partial charge in [0.1, 0.15) is 0 Å². The molecule has 6 nitrogen and oxygen atoms in total. The molecule has 2 rings (SSSR count). The minimum absolute atomic E-state index is 0. The molecule has 0 fully saturated rings. The van der Waals surface area contributed by atoms with E-state index in [1.807, 2.05) is 54.6 Å². The average Bonchev–Trinajstić information content (AvgIpc) is 2.73. The first kappa shape index (κ1) is 27.1. The van der Waals surface area contributed by atoms with E-state index in [-0.39, 0.29) is 74.4 Å². The second-order valence-electron chi connectivity index (χ2n) is 7.31. The van der Waals surface area contributed by atoms with Crippen molar-refractivity contribution in [3.63, 3.8) is 0 Å². The fourth-order valence-corrected chi connectivity index (χ4v) is 3.27. The summed E-state index contributed by atoms with van der Waals surface area (Å²) in [5.41, 5.74) is 3.24. The van der Waals surface area contributed by atoms with E-state index in [2.05, 4.69) is 5.32 Å². The Hall–Kier alpha value is -1.89. The molecule has 2 unspecified atom stereocenters. The predicted octanol–water partition coefficient (Wildman–Crippen LogP) is 3.45. The molecule has 0 aliphatic carbocycles. The summed E-state index contributed by atoms with van der Waals surface area (Å²) < 4.78 is 5.07. The van der Waals surface area contributed by atoms with Gasteiger partial charge in [-0.05, 0) is 36.5 Å². The van der Waals surface area contributed by atoms with E-state index in [4.69, 9.17) is 9.84 Å². The molecule has 2 aromatic rings. The molecule has 1 amide bonds. The van der Waals surface area contributed by atoms with E-state index >= 15 is 0 Å². The number of amides is 1. The molecular formula is C24H29CaNO5. The normalized spacial score (nSPS) is 12.2. The number of esters is 1. The number of carboxylic acids is 1. The summed E-state index contributed by atoms with van der Waals surface area (Å²) in [7, 11) is 0. The molecule has 162 valence electrons. The Kier molecular flexibility index (Phi) is 12.5. The Morgan fingerprint density at radius 3 is 2.16 bits per heavy atom. The van der Waals surface area contributed by atoms with Gasteiger partial charge in [0.25, 0.3) is 0 Å². The Bertz CT molecular complexity index is 839. The van der Waals surface area contributed by atoms with Crippen LogP contribution in [0.5, 0.6) is 0 Å². The maximum Gasteiger partial charge on any atom is 0.308 e. The van der Waals surface area contributed by atoms with Crippen LogP contribution in [0.3, 0.4) is 0 Å². The van der Waals surface area contributed by atoms with Gasteiger partial charge in [-0.25, -0.2) is 0 Å². The zero-order valence-corrected chi connectivity index (χ0v) is 20.4. The van der Waals surface area contributed by atoms with Gasteiger partial charge in [-0.3, -0.25) is 14.4 Å². The summed E-state index contributed by atoms with van der Waals surface area (Å²) in [4.78, 5) is 34.9. The van der Waals surface area contributed by atoms with Crippen LogP contribution >= 0.6 is 0 Å². The maximum atomic E-state index is 12.2. The van der Waals surface area contributed by atoms with Gasteiger partial charge in [-0.1, -0.05) is 61.5 Å². The van der Waals surface area contributed by atoms with Crippen molar-refractivity contribution in [3.8, 4) is 11.1 Å². The predicted molar refractivity (Wildman–Crippen MR) is 121 cm³/mol. The largest absolute Gasteiger partial charge is 0.481 e. The molecule has 31 heavy (non-hydrogen) atoms. The average molecular weight is 452 g/mol. The van der Waals surface area contributed by atoms with Crippen molar-refractivity contribution in [2.45, 2.75) is 45.6 Å². The second kappa shape index (κ2) is 14.2. The Balaban J connectivity index is 0.00000480. The molecule has 0 aliphatic rings. The van der Waals surface area contributed by atoms with Crippen LogP contribution in [-0.2, 0) is 25.5 Å². The van der Waals surface area contributed by atoms with Gasteiger partial charge < -0.3 is 15.2 Å². The van der Waals surface area contributed by atoms with Crippen molar-refractivity contribution < 1.29 is 24.2 Å². The first-order chi connectivity index (χ1) is 14.4. The zero-order chi connectivity index (χ0) is 21.9. The molecule has 0 saturated carbocycles. The van der Waals surface area contributed by atoms with Crippen LogP contribution < -0.4 is 5.32 Å². The summed E-state index contributed by atoms with van der Waals surface area (Å²) in [6.45, 7) is 3.83. The van der Waals surface area contributed by atoms with Gasteiger partial charge >= 0.3 is 11.9 Å². The van der Waals surface area contributed by atoms with Crippen molar-refractivity contribution >= 4 is 55.6 Å². The van der Waals surface area contributed by atoms with Crippen LogP contribution in [0.2, 0.25) is 0 Å².